The number of ether oxygens (including phenoxy) is 1. The zero-order chi connectivity index (χ0) is 27.1. The molecule has 0 aliphatic carbocycles. The first-order chi connectivity index (χ1) is 18.1. The lowest BCUT2D eigenvalue weighted by atomic mass is 9.82. The number of methoxy groups -OCH3 is 1. The number of para-hydroxylation sites is 1. The monoisotopic (exact) mass is 544 g/mol. The Morgan fingerprint density at radius 2 is 1.82 bits per heavy atom. The van der Waals surface area contributed by atoms with Gasteiger partial charge in [-0.3, -0.25) is 0 Å². The molecule has 1 atom stereocenters. The summed E-state index contributed by atoms with van der Waals surface area (Å²) in [5.41, 5.74) is 1.04. The van der Waals surface area contributed by atoms with Crippen molar-refractivity contribution in [1.82, 2.24) is 20.2 Å². The van der Waals surface area contributed by atoms with Gasteiger partial charge in [0.05, 0.1) is 19.2 Å². The number of benzene rings is 3. The minimum absolute atomic E-state index is 0.0644. The normalized spacial score (nSPS) is 15.6. The van der Waals surface area contributed by atoms with Crippen molar-refractivity contribution in [3.8, 4) is 17.1 Å². The van der Waals surface area contributed by atoms with E-state index in [1.54, 1.807) is 24.3 Å². The number of tetrazole rings is 1. The second-order valence-electron chi connectivity index (χ2n) is 8.81. The van der Waals surface area contributed by atoms with Gasteiger partial charge in [0, 0.05) is 23.7 Å². The summed E-state index contributed by atoms with van der Waals surface area (Å²) in [5.74, 6) is 0.0465. The number of nitrogens with two attached hydrogens (primary N) is 1. The Hall–Kier alpha value is -3.97. The molecule has 0 spiro atoms. The van der Waals surface area contributed by atoms with Crippen molar-refractivity contribution < 1.29 is 26.3 Å². The summed E-state index contributed by atoms with van der Waals surface area (Å²) >= 11 is 0. The number of anilines is 1. The van der Waals surface area contributed by atoms with Crippen LogP contribution in [-0.4, -0.2) is 42.3 Å². The van der Waals surface area contributed by atoms with E-state index in [1.807, 2.05) is 24.3 Å². The minimum atomic E-state index is -4.99. The van der Waals surface area contributed by atoms with Crippen LogP contribution in [0.15, 0.2) is 65.6 Å². The first kappa shape index (κ1) is 25.7. The number of hydrogen-bond donors (Lipinski definition) is 2. The van der Waals surface area contributed by atoms with Crippen LogP contribution < -0.4 is 15.2 Å². The molecule has 4 aromatic rings. The smallest absolute Gasteiger partial charge is 0.417 e. The van der Waals surface area contributed by atoms with Crippen LogP contribution in [0.5, 0.6) is 5.75 Å². The van der Waals surface area contributed by atoms with Gasteiger partial charge in [-0.05, 0) is 57.8 Å². The lowest BCUT2D eigenvalue weighted by Crippen LogP contribution is -2.24. The number of halogens is 3. The minimum Gasteiger partial charge on any atom is -0.497 e. The summed E-state index contributed by atoms with van der Waals surface area (Å²) in [6, 6.07) is 16.4. The number of sulfonamides is 1. The fourth-order valence-electron chi connectivity index (χ4n) is 4.82. The SMILES string of the molecule is COc1ccc(Cn2nnnc2-c2c(C3CCNc4ccccc43)ccc(C(F)(F)F)c2S(N)(=O)=O)cc1. The molecule has 0 radical (unpaired) electrons. The molecule has 0 saturated carbocycles. The second kappa shape index (κ2) is 9.72. The van der Waals surface area contributed by atoms with Crippen LogP contribution in [0.1, 0.15) is 34.6 Å². The number of nitrogens with zero attached hydrogens (tertiary/aromatic N) is 4. The van der Waals surface area contributed by atoms with Gasteiger partial charge in [0.15, 0.2) is 5.82 Å². The summed E-state index contributed by atoms with van der Waals surface area (Å²) in [6.45, 7) is 0.596. The molecule has 2 heterocycles. The van der Waals surface area contributed by atoms with Crippen LogP contribution in [0.2, 0.25) is 0 Å². The highest BCUT2D eigenvalue weighted by Crippen LogP contribution is 2.46. The number of alkyl halides is 3. The van der Waals surface area contributed by atoms with E-state index in [4.69, 9.17) is 9.88 Å². The quantitative estimate of drug-likeness (QED) is 0.376. The molecule has 1 unspecified atom stereocenters. The van der Waals surface area contributed by atoms with E-state index >= 15 is 0 Å². The zero-order valence-corrected chi connectivity index (χ0v) is 20.9. The average Bonchev–Trinajstić information content (AvgIpc) is 3.34. The molecule has 3 N–H and O–H groups in total. The van der Waals surface area contributed by atoms with Gasteiger partial charge >= 0.3 is 6.18 Å². The highest BCUT2D eigenvalue weighted by atomic mass is 32.2. The van der Waals surface area contributed by atoms with Crippen LogP contribution in [0, 0.1) is 0 Å². The van der Waals surface area contributed by atoms with Gasteiger partial charge in [-0.2, -0.15) is 13.2 Å². The van der Waals surface area contributed by atoms with Crippen LogP contribution >= 0.6 is 0 Å². The van der Waals surface area contributed by atoms with Crippen molar-refractivity contribution >= 4 is 15.7 Å². The van der Waals surface area contributed by atoms with Gasteiger partial charge in [-0.25, -0.2) is 18.2 Å². The number of nitrogens with one attached hydrogen (secondary N) is 1. The Morgan fingerprint density at radius 1 is 1.08 bits per heavy atom. The summed E-state index contributed by atoms with van der Waals surface area (Å²) < 4.78 is 74.5. The Bertz CT molecular complexity index is 1590. The van der Waals surface area contributed by atoms with E-state index in [1.165, 1.54) is 17.9 Å². The first-order valence-electron chi connectivity index (χ1n) is 11.6. The molecule has 5 rings (SSSR count). The van der Waals surface area contributed by atoms with Crippen LogP contribution in [-0.2, 0) is 22.7 Å². The van der Waals surface area contributed by atoms with Crippen molar-refractivity contribution in [2.75, 3.05) is 19.0 Å². The molecule has 198 valence electrons. The topological polar surface area (TPSA) is 125 Å². The largest absolute Gasteiger partial charge is 0.497 e. The molecule has 1 aliphatic rings. The molecule has 0 fully saturated rings. The molecular formula is C25H23F3N6O3S. The van der Waals surface area contributed by atoms with E-state index < -0.39 is 32.6 Å². The fraction of sp³-hybridized carbons (Fsp3) is 0.240. The van der Waals surface area contributed by atoms with Gasteiger partial charge in [0.1, 0.15) is 10.6 Å². The number of primary sulfonamides is 1. The predicted molar refractivity (Wildman–Crippen MR) is 133 cm³/mol. The lowest BCUT2D eigenvalue weighted by Gasteiger charge is -2.29. The van der Waals surface area contributed by atoms with Gasteiger partial charge in [0.2, 0.25) is 10.0 Å². The summed E-state index contributed by atoms with van der Waals surface area (Å²) in [5, 5.41) is 20.4. The molecule has 1 aromatic heterocycles. The van der Waals surface area contributed by atoms with Crippen LogP contribution in [0.4, 0.5) is 18.9 Å². The van der Waals surface area contributed by atoms with E-state index in [9.17, 15) is 21.6 Å². The molecule has 13 heteroatoms. The van der Waals surface area contributed by atoms with Gasteiger partial charge in [-0.1, -0.05) is 36.4 Å². The molecular weight excluding hydrogens is 521 g/mol. The van der Waals surface area contributed by atoms with E-state index in [-0.39, 0.29) is 17.9 Å². The summed E-state index contributed by atoms with van der Waals surface area (Å²) in [7, 11) is -3.35. The number of fused-ring (bicyclic) bond motifs is 1. The average molecular weight is 545 g/mol. The molecule has 3 aromatic carbocycles. The van der Waals surface area contributed by atoms with E-state index in [0.717, 1.165) is 22.9 Å². The van der Waals surface area contributed by atoms with Gasteiger partial charge in [0.25, 0.3) is 0 Å². The Morgan fingerprint density at radius 3 is 2.50 bits per heavy atom. The molecule has 38 heavy (non-hydrogen) atoms. The van der Waals surface area contributed by atoms with Crippen molar-refractivity contribution in [2.45, 2.75) is 30.0 Å². The third-order valence-electron chi connectivity index (χ3n) is 6.49. The summed E-state index contributed by atoms with van der Waals surface area (Å²) in [6.07, 6.45) is -4.49. The van der Waals surface area contributed by atoms with Crippen molar-refractivity contribution in [3.05, 3.63) is 82.9 Å². The maximum atomic E-state index is 14.1. The van der Waals surface area contributed by atoms with Crippen LogP contribution in [0.25, 0.3) is 11.4 Å². The highest BCUT2D eigenvalue weighted by molar-refractivity contribution is 7.89. The predicted octanol–water partition coefficient (Wildman–Crippen LogP) is 4.01. The second-order valence-corrected chi connectivity index (χ2v) is 10.3. The van der Waals surface area contributed by atoms with E-state index in [0.29, 0.717) is 24.3 Å². The standard InChI is InChI=1S/C25H23F3N6O3S/c1-37-16-8-6-15(7-9-16)14-34-24(31-32-33-34)22-19(17-12-13-30-21-5-3-2-4-18(17)21)10-11-20(25(26,27)28)23(22)38(29,35)36/h2-11,17,30H,12-14H2,1H3,(H2,29,35,36). The first-order valence-corrected chi connectivity index (χ1v) is 13.1. The molecule has 1 aliphatic heterocycles. The molecule has 0 amide bonds. The maximum Gasteiger partial charge on any atom is 0.417 e. The Kier molecular flexibility index (Phi) is 6.57. The zero-order valence-electron chi connectivity index (χ0n) is 20.1. The lowest BCUT2D eigenvalue weighted by molar-refractivity contribution is -0.139. The highest BCUT2D eigenvalue weighted by Gasteiger charge is 2.41. The Balaban J connectivity index is 1.77. The van der Waals surface area contributed by atoms with E-state index in [2.05, 4.69) is 20.8 Å². The van der Waals surface area contributed by atoms with Crippen molar-refractivity contribution in [2.24, 2.45) is 5.14 Å². The van der Waals surface area contributed by atoms with Gasteiger partial charge < -0.3 is 10.1 Å². The number of aromatic nitrogens is 4. The molecule has 9 nitrogen and oxygen atoms in total. The third kappa shape index (κ3) is 4.82. The third-order valence-corrected chi connectivity index (χ3v) is 7.48. The summed E-state index contributed by atoms with van der Waals surface area (Å²) in [4.78, 5) is -1.05. The van der Waals surface area contributed by atoms with Crippen molar-refractivity contribution in [1.29, 1.82) is 0 Å². The van der Waals surface area contributed by atoms with Gasteiger partial charge in [-0.15, -0.1) is 5.10 Å². The number of hydrogen-bond acceptors (Lipinski definition) is 7. The molecule has 0 bridgehead atoms. The fourth-order valence-corrected chi connectivity index (χ4v) is 5.81. The van der Waals surface area contributed by atoms with Crippen LogP contribution in [0.3, 0.4) is 0 Å². The Labute approximate surface area is 216 Å². The number of rotatable bonds is 6. The molecule has 0 saturated heterocycles. The van der Waals surface area contributed by atoms with Crippen molar-refractivity contribution in [3.63, 3.8) is 0 Å². The maximum absolute atomic E-state index is 14.1.